The van der Waals surface area contributed by atoms with E-state index >= 15 is 0 Å². The third kappa shape index (κ3) is 4.08. The minimum atomic E-state index is -0.299. The molecule has 1 aromatic carbocycles. The number of carbonyl (C=O) groups excluding carboxylic acids is 1. The lowest BCUT2D eigenvalue weighted by Crippen LogP contribution is -2.23. The van der Waals surface area contributed by atoms with Crippen LogP contribution in [0, 0.1) is 0 Å². The zero-order valence-corrected chi connectivity index (χ0v) is 12.7. The zero-order chi connectivity index (χ0) is 15.9. The highest BCUT2D eigenvalue weighted by Gasteiger charge is 2.14. The van der Waals surface area contributed by atoms with Gasteiger partial charge in [0.15, 0.2) is 5.69 Å². The largest absolute Gasteiger partial charge is 0.491 e. The molecule has 0 spiro atoms. The molecule has 0 atom stereocenters. The molecule has 6 heteroatoms. The number of ether oxygens (including phenoxy) is 1. The van der Waals surface area contributed by atoms with E-state index in [1.807, 2.05) is 32.0 Å². The average Bonchev–Trinajstić information content (AvgIpc) is 3.01. The number of aliphatic hydroxyl groups is 1. The first-order valence-corrected chi connectivity index (χ1v) is 7.18. The minimum Gasteiger partial charge on any atom is -0.491 e. The summed E-state index contributed by atoms with van der Waals surface area (Å²) >= 11 is 0. The van der Waals surface area contributed by atoms with Crippen molar-refractivity contribution >= 4 is 5.91 Å². The Bertz CT molecular complexity index is 622. The Labute approximate surface area is 129 Å². The zero-order valence-electron chi connectivity index (χ0n) is 12.7. The molecule has 1 aromatic heterocycles. The van der Waals surface area contributed by atoms with E-state index in [0.29, 0.717) is 18.1 Å². The van der Waals surface area contributed by atoms with E-state index in [9.17, 15) is 4.79 Å². The maximum atomic E-state index is 12.1. The molecule has 0 radical (unpaired) electrons. The molecule has 0 saturated carbocycles. The van der Waals surface area contributed by atoms with Crippen molar-refractivity contribution in [3.8, 4) is 5.75 Å². The maximum Gasteiger partial charge on any atom is 0.273 e. The van der Waals surface area contributed by atoms with Gasteiger partial charge in [-0.15, -0.1) is 0 Å². The van der Waals surface area contributed by atoms with Gasteiger partial charge in [-0.3, -0.25) is 4.79 Å². The molecule has 0 unspecified atom stereocenters. The second-order valence-corrected chi connectivity index (χ2v) is 5.13. The summed E-state index contributed by atoms with van der Waals surface area (Å²) in [5.41, 5.74) is 1.09. The lowest BCUT2D eigenvalue weighted by atomic mass is 10.1. The number of nitrogens with one attached hydrogen (secondary N) is 1. The van der Waals surface area contributed by atoms with Crippen molar-refractivity contribution in [2.75, 3.05) is 13.2 Å². The number of amides is 1. The first-order chi connectivity index (χ1) is 10.6. The van der Waals surface area contributed by atoms with Crippen molar-refractivity contribution in [1.29, 1.82) is 0 Å². The molecule has 0 fully saturated rings. The third-order valence-corrected chi connectivity index (χ3v) is 3.09. The van der Waals surface area contributed by atoms with Crippen molar-refractivity contribution in [3.63, 3.8) is 0 Å². The number of rotatable bonds is 7. The summed E-state index contributed by atoms with van der Waals surface area (Å²) < 4.78 is 10.5. The molecule has 1 amide bonds. The second kappa shape index (κ2) is 7.61. The van der Waals surface area contributed by atoms with E-state index in [4.69, 9.17) is 14.4 Å². The van der Waals surface area contributed by atoms with E-state index in [1.165, 1.54) is 0 Å². The second-order valence-electron chi connectivity index (χ2n) is 5.13. The number of benzene rings is 1. The molecular weight excluding hydrogens is 284 g/mol. The Hall–Kier alpha value is -2.34. The van der Waals surface area contributed by atoms with Gasteiger partial charge in [0.1, 0.15) is 18.1 Å². The highest BCUT2D eigenvalue weighted by atomic mass is 16.5. The summed E-state index contributed by atoms with van der Waals surface area (Å²) in [7, 11) is 0. The molecular formula is C16H20N2O4. The number of aromatic nitrogens is 1. The Balaban J connectivity index is 1.98. The molecule has 0 bridgehead atoms. The monoisotopic (exact) mass is 304 g/mol. The molecule has 6 nitrogen and oxygen atoms in total. The average molecular weight is 304 g/mol. The van der Waals surface area contributed by atoms with Gasteiger partial charge in [0, 0.05) is 24.1 Å². The summed E-state index contributed by atoms with van der Waals surface area (Å²) in [4.78, 5) is 12.1. The van der Waals surface area contributed by atoms with Crippen LogP contribution in [0.15, 0.2) is 34.9 Å². The fraction of sp³-hybridized carbons (Fsp3) is 0.375. The molecule has 2 aromatic rings. The van der Waals surface area contributed by atoms with Gasteiger partial charge in [0.2, 0.25) is 0 Å². The summed E-state index contributed by atoms with van der Waals surface area (Å²) in [6.45, 7) is 4.40. The van der Waals surface area contributed by atoms with Crippen LogP contribution in [0.5, 0.6) is 5.75 Å². The van der Waals surface area contributed by atoms with Gasteiger partial charge < -0.3 is 19.7 Å². The van der Waals surface area contributed by atoms with E-state index in [2.05, 4.69) is 10.5 Å². The minimum absolute atomic E-state index is 0.0579. The lowest BCUT2D eigenvalue weighted by molar-refractivity contribution is 0.0941. The van der Waals surface area contributed by atoms with Crippen LogP contribution >= 0.6 is 0 Å². The predicted molar refractivity (Wildman–Crippen MR) is 80.8 cm³/mol. The standard InChI is InChI=1S/C16H20N2O4/c1-11(2)15-9-13(18-22-15)16(20)17-10-12-5-3-4-6-14(12)21-8-7-19/h3-6,9,11,19H,7-8,10H2,1-2H3,(H,17,20). The van der Waals surface area contributed by atoms with Crippen LogP contribution in [0.1, 0.15) is 41.6 Å². The van der Waals surface area contributed by atoms with Gasteiger partial charge in [-0.1, -0.05) is 37.2 Å². The normalized spacial score (nSPS) is 10.7. The fourth-order valence-corrected chi connectivity index (χ4v) is 1.88. The molecule has 0 aliphatic carbocycles. The van der Waals surface area contributed by atoms with Crippen molar-refractivity contribution in [2.24, 2.45) is 0 Å². The van der Waals surface area contributed by atoms with Crippen LogP contribution in [0.4, 0.5) is 0 Å². The Morgan fingerprint density at radius 2 is 2.18 bits per heavy atom. The van der Waals surface area contributed by atoms with Crippen molar-refractivity contribution in [3.05, 3.63) is 47.3 Å². The molecule has 1 heterocycles. The quantitative estimate of drug-likeness (QED) is 0.818. The first-order valence-electron chi connectivity index (χ1n) is 7.18. The van der Waals surface area contributed by atoms with Crippen molar-refractivity contribution in [1.82, 2.24) is 10.5 Å². The summed E-state index contributed by atoms with van der Waals surface area (Å²) in [6, 6.07) is 9.00. The van der Waals surface area contributed by atoms with Crippen molar-refractivity contribution < 1.29 is 19.2 Å². The number of aliphatic hydroxyl groups excluding tert-OH is 1. The Morgan fingerprint density at radius 3 is 2.86 bits per heavy atom. The number of para-hydroxylation sites is 1. The Morgan fingerprint density at radius 1 is 1.41 bits per heavy atom. The van der Waals surface area contributed by atoms with Crippen LogP contribution in [-0.4, -0.2) is 29.4 Å². The smallest absolute Gasteiger partial charge is 0.273 e. The van der Waals surface area contributed by atoms with E-state index in [1.54, 1.807) is 12.1 Å². The molecule has 0 saturated heterocycles. The first kappa shape index (κ1) is 16.0. The third-order valence-electron chi connectivity index (χ3n) is 3.09. The van der Waals surface area contributed by atoms with Gasteiger partial charge in [-0.05, 0) is 6.07 Å². The molecule has 118 valence electrons. The van der Waals surface area contributed by atoms with Crippen LogP contribution < -0.4 is 10.1 Å². The highest BCUT2D eigenvalue weighted by molar-refractivity contribution is 5.92. The fourth-order valence-electron chi connectivity index (χ4n) is 1.88. The SMILES string of the molecule is CC(C)c1cc(C(=O)NCc2ccccc2OCCO)no1. The van der Waals surface area contributed by atoms with Crippen molar-refractivity contribution in [2.45, 2.75) is 26.3 Å². The summed E-state index contributed by atoms with van der Waals surface area (Å²) in [5.74, 6) is 1.20. The molecule has 2 rings (SSSR count). The van der Waals surface area contributed by atoms with E-state index < -0.39 is 0 Å². The van der Waals surface area contributed by atoms with Gasteiger partial charge in [0.25, 0.3) is 5.91 Å². The predicted octanol–water partition coefficient (Wildman–Crippen LogP) is 2.10. The van der Waals surface area contributed by atoms with Gasteiger partial charge >= 0.3 is 0 Å². The van der Waals surface area contributed by atoms with Crippen LogP contribution in [0.3, 0.4) is 0 Å². The van der Waals surface area contributed by atoms with Crippen LogP contribution in [0.25, 0.3) is 0 Å². The molecule has 0 aliphatic heterocycles. The lowest BCUT2D eigenvalue weighted by Gasteiger charge is -2.10. The highest BCUT2D eigenvalue weighted by Crippen LogP contribution is 2.18. The number of nitrogens with zero attached hydrogens (tertiary/aromatic N) is 1. The van der Waals surface area contributed by atoms with E-state index in [-0.39, 0.29) is 30.7 Å². The Kier molecular flexibility index (Phi) is 5.55. The topological polar surface area (TPSA) is 84.6 Å². The number of hydrogen-bond donors (Lipinski definition) is 2. The number of hydrogen-bond acceptors (Lipinski definition) is 5. The van der Waals surface area contributed by atoms with E-state index in [0.717, 1.165) is 5.56 Å². The van der Waals surface area contributed by atoms with Gasteiger partial charge in [0.05, 0.1) is 6.61 Å². The van der Waals surface area contributed by atoms with Crippen LogP contribution in [-0.2, 0) is 6.54 Å². The summed E-state index contributed by atoms with van der Waals surface area (Å²) in [5, 5.41) is 15.4. The maximum absolute atomic E-state index is 12.1. The molecule has 0 aliphatic rings. The number of carbonyl (C=O) groups is 1. The van der Waals surface area contributed by atoms with Gasteiger partial charge in [-0.2, -0.15) is 0 Å². The summed E-state index contributed by atoms with van der Waals surface area (Å²) in [6.07, 6.45) is 0. The molecule has 2 N–H and O–H groups in total. The molecule has 22 heavy (non-hydrogen) atoms. The van der Waals surface area contributed by atoms with Gasteiger partial charge in [-0.25, -0.2) is 0 Å². The van der Waals surface area contributed by atoms with Crippen LogP contribution in [0.2, 0.25) is 0 Å².